The minimum absolute atomic E-state index is 0.0506. The van der Waals surface area contributed by atoms with Gasteiger partial charge in [0.25, 0.3) is 18.6 Å². The summed E-state index contributed by atoms with van der Waals surface area (Å²) in [5, 5.41) is 0. The van der Waals surface area contributed by atoms with Crippen molar-refractivity contribution in [1.29, 1.82) is 0 Å². The van der Waals surface area contributed by atoms with Crippen molar-refractivity contribution in [3.63, 3.8) is 0 Å². The average molecular weight is 572 g/mol. The number of rotatable bonds is 7. The molecule has 0 saturated heterocycles. The summed E-state index contributed by atoms with van der Waals surface area (Å²) in [6, 6.07) is 15.4. The predicted octanol–water partition coefficient (Wildman–Crippen LogP) is 10.5. The van der Waals surface area contributed by atoms with E-state index in [1.807, 2.05) is 48.5 Å². The third-order valence-corrected chi connectivity index (χ3v) is 7.92. The van der Waals surface area contributed by atoms with Gasteiger partial charge in [-0.3, -0.25) is 0 Å². The molecular formula is C36H47F4O+. The molecule has 0 aromatic heterocycles. The quantitative estimate of drug-likeness (QED) is 0.231. The van der Waals surface area contributed by atoms with Crippen LogP contribution in [0.4, 0.5) is 17.6 Å². The first-order valence-corrected chi connectivity index (χ1v) is 14.6. The predicted molar refractivity (Wildman–Crippen MR) is 162 cm³/mol. The van der Waals surface area contributed by atoms with Gasteiger partial charge in [0.15, 0.2) is 12.0 Å². The molecular weight excluding hydrogens is 524 g/mol. The number of hydrogen-bond donors (Lipinski definition) is 0. The molecule has 0 radical (unpaired) electrons. The highest BCUT2D eigenvalue weighted by atomic mass is 19.2. The lowest BCUT2D eigenvalue weighted by Crippen LogP contribution is -2.36. The Balaban J connectivity index is 1.85. The van der Waals surface area contributed by atoms with Crippen molar-refractivity contribution in [3.05, 3.63) is 94.1 Å². The zero-order valence-electron chi connectivity index (χ0n) is 26.3. The van der Waals surface area contributed by atoms with E-state index in [0.717, 1.165) is 17.5 Å². The molecule has 0 amide bonds. The summed E-state index contributed by atoms with van der Waals surface area (Å²) in [5.74, 6) is -3.03. The Kier molecular flexibility index (Phi) is 9.82. The third-order valence-electron chi connectivity index (χ3n) is 7.92. The van der Waals surface area contributed by atoms with Gasteiger partial charge in [0.05, 0.1) is 0 Å². The highest BCUT2D eigenvalue weighted by Crippen LogP contribution is 2.39. The van der Waals surface area contributed by atoms with Gasteiger partial charge in [-0.1, -0.05) is 112 Å². The molecule has 2 aromatic carbocycles. The molecule has 0 bridgehead atoms. The molecule has 3 rings (SSSR count). The first-order chi connectivity index (χ1) is 18.8. The second kappa shape index (κ2) is 12.3. The molecule has 1 nitrogen and oxygen atoms in total. The molecule has 3 atom stereocenters. The third kappa shape index (κ3) is 7.99. The maximum Gasteiger partial charge on any atom is 0.395 e. The van der Waals surface area contributed by atoms with E-state index in [9.17, 15) is 0 Å². The molecule has 1 aliphatic carbocycles. The van der Waals surface area contributed by atoms with Gasteiger partial charge in [0.1, 0.15) is 0 Å². The minimum Gasteiger partial charge on any atom is -0.247 e. The highest BCUT2D eigenvalue weighted by Gasteiger charge is 2.49. The largest absolute Gasteiger partial charge is 0.395 e. The Morgan fingerprint density at radius 3 is 1.78 bits per heavy atom. The summed E-state index contributed by atoms with van der Waals surface area (Å²) in [5.41, 5.74) is 2.36. The number of allylic oxidation sites excluding steroid dienone is 4. The summed E-state index contributed by atoms with van der Waals surface area (Å²) in [7, 11) is 0. The number of hydrogen-bond acceptors (Lipinski definition) is 0. The first kappa shape index (κ1) is 32.8. The van der Waals surface area contributed by atoms with Crippen molar-refractivity contribution in [2.45, 2.75) is 111 Å². The normalized spacial score (nSPS) is 21.7. The Hall–Kier alpha value is -2.69. The van der Waals surface area contributed by atoms with E-state index >= 15 is 17.6 Å². The highest BCUT2D eigenvalue weighted by molar-refractivity contribution is 6.00. The molecule has 0 N–H and O–H groups in total. The smallest absolute Gasteiger partial charge is 0.247 e. The van der Waals surface area contributed by atoms with Crippen LogP contribution in [-0.4, -0.2) is 18.1 Å². The van der Waals surface area contributed by atoms with Gasteiger partial charge >= 0.3 is 5.78 Å². The van der Waals surface area contributed by atoms with Crippen molar-refractivity contribution < 1.29 is 22.0 Å². The van der Waals surface area contributed by atoms with E-state index in [1.54, 1.807) is 13.8 Å². The van der Waals surface area contributed by atoms with Gasteiger partial charge in [-0.15, -0.1) is 0 Å². The van der Waals surface area contributed by atoms with E-state index in [2.05, 4.69) is 55.4 Å². The summed E-state index contributed by atoms with van der Waals surface area (Å²) >= 11 is 0. The van der Waals surface area contributed by atoms with E-state index in [-0.39, 0.29) is 17.4 Å². The Bertz CT molecular complexity index is 1280. The van der Waals surface area contributed by atoms with Crippen LogP contribution in [0.2, 0.25) is 0 Å². The van der Waals surface area contributed by atoms with E-state index in [0.29, 0.717) is 17.4 Å². The van der Waals surface area contributed by atoms with Gasteiger partial charge in [-0.2, -0.15) is 4.39 Å². The topological polar surface area (TPSA) is 11.3 Å². The fourth-order valence-corrected chi connectivity index (χ4v) is 5.35. The van der Waals surface area contributed by atoms with Crippen LogP contribution in [-0.2, 0) is 21.9 Å². The maximum atomic E-state index is 15.3. The minimum atomic E-state index is -2.45. The van der Waals surface area contributed by atoms with Crippen molar-refractivity contribution in [3.8, 4) is 0 Å². The molecule has 0 saturated carbocycles. The Morgan fingerprint density at radius 1 is 0.756 bits per heavy atom. The number of alkyl halides is 2. The zero-order chi connectivity index (χ0) is 30.9. The SMILES string of the molecule is CC(C)C(CC(C)(C)C)c1ccc(C[O+]=C2C(F)=C(F)C(=CC(C)(C)c3ccc(C(C)(C)C)cc3)C(F)C2F)cc1. The molecule has 0 heterocycles. The molecule has 0 aliphatic heterocycles. The molecule has 0 fully saturated rings. The fraction of sp³-hybridized carbons (Fsp3) is 0.528. The van der Waals surface area contributed by atoms with Crippen molar-refractivity contribution in [2.75, 3.05) is 0 Å². The molecule has 41 heavy (non-hydrogen) atoms. The van der Waals surface area contributed by atoms with Gasteiger partial charge < -0.3 is 0 Å². The average Bonchev–Trinajstić information content (AvgIpc) is 2.88. The second-order valence-electron chi connectivity index (χ2n) is 14.6. The lowest BCUT2D eigenvalue weighted by molar-refractivity contribution is -0.478. The second-order valence-corrected chi connectivity index (χ2v) is 14.6. The number of benzene rings is 2. The molecule has 3 unspecified atom stereocenters. The van der Waals surface area contributed by atoms with Crippen LogP contribution in [0.3, 0.4) is 0 Å². The van der Waals surface area contributed by atoms with Crippen molar-refractivity contribution >= 4 is 5.78 Å². The van der Waals surface area contributed by atoms with Gasteiger partial charge in [0.2, 0.25) is 0 Å². The molecule has 2 aromatic rings. The van der Waals surface area contributed by atoms with Crippen LogP contribution in [0.5, 0.6) is 0 Å². The lowest BCUT2D eigenvalue weighted by Gasteiger charge is -2.29. The first-order valence-electron chi connectivity index (χ1n) is 14.6. The zero-order valence-corrected chi connectivity index (χ0v) is 26.3. The van der Waals surface area contributed by atoms with Crippen LogP contribution in [0.1, 0.15) is 104 Å². The summed E-state index contributed by atoms with van der Waals surface area (Å²) in [6.07, 6.45) is -2.53. The molecule has 0 spiro atoms. The van der Waals surface area contributed by atoms with Crippen LogP contribution < -0.4 is 0 Å². The Labute approximate surface area is 244 Å². The van der Waals surface area contributed by atoms with Crippen molar-refractivity contribution in [2.24, 2.45) is 11.3 Å². The fourth-order valence-electron chi connectivity index (χ4n) is 5.35. The van der Waals surface area contributed by atoms with Crippen LogP contribution >= 0.6 is 0 Å². The maximum absolute atomic E-state index is 15.3. The van der Waals surface area contributed by atoms with Gasteiger partial charge in [-0.05, 0) is 57.9 Å². The van der Waals surface area contributed by atoms with E-state index < -0.39 is 40.8 Å². The number of carbonyl (C=O) groups excluding carboxylic acids is 1. The van der Waals surface area contributed by atoms with Gasteiger partial charge in [0, 0.05) is 16.6 Å². The number of ketones is 1. The van der Waals surface area contributed by atoms with Crippen molar-refractivity contribution in [1.82, 2.24) is 0 Å². The van der Waals surface area contributed by atoms with Crippen LogP contribution in [0.25, 0.3) is 0 Å². The van der Waals surface area contributed by atoms with Crippen LogP contribution in [0.15, 0.2) is 71.8 Å². The summed E-state index contributed by atoms with van der Waals surface area (Å²) in [6.45, 7) is 20.6. The standard InChI is InChI=1S/C36H47F4O/c1-22(2)27(19-34(3,4)5)24-13-11-23(12-14-24)21-41-33-31(39)29(37)28(30(38)32(33)40)20-36(9,10)26-17-15-25(16-18-26)35(6,7)8/h11-18,20,22,27,29,31H,19,21H2,1-10H3/q+1. The number of halogens is 4. The lowest BCUT2D eigenvalue weighted by atomic mass is 9.76. The summed E-state index contributed by atoms with van der Waals surface area (Å²) in [4.78, 5) is 0. The van der Waals surface area contributed by atoms with E-state index in [1.165, 1.54) is 11.6 Å². The molecule has 224 valence electrons. The van der Waals surface area contributed by atoms with Crippen LogP contribution in [0, 0.1) is 11.3 Å². The van der Waals surface area contributed by atoms with E-state index in [4.69, 9.17) is 4.42 Å². The monoisotopic (exact) mass is 571 g/mol. The molecule has 1 aliphatic rings. The van der Waals surface area contributed by atoms with Gasteiger partial charge in [-0.25, -0.2) is 17.6 Å². The molecule has 5 heteroatoms. The summed E-state index contributed by atoms with van der Waals surface area (Å²) < 4.78 is 66.1. The Morgan fingerprint density at radius 2 is 1.29 bits per heavy atom.